The number of ether oxygens (including phenoxy) is 1. The van der Waals surface area contributed by atoms with Gasteiger partial charge in [-0.05, 0) is 37.1 Å². The van der Waals surface area contributed by atoms with E-state index in [1.54, 1.807) is 13.2 Å². The van der Waals surface area contributed by atoms with Gasteiger partial charge in [0.1, 0.15) is 5.75 Å². The Labute approximate surface area is 156 Å². The van der Waals surface area contributed by atoms with Gasteiger partial charge in [-0.1, -0.05) is 23.7 Å². The number of hydrogen-bond donors (Lipinski definition) is 0. The zero-order valence-corrected chi connectivity index (χ0v) is 15.6. The van der Waals surface area contributed by atoms with Gasteiger partial charge >= 0.3 is 0 Å². The molecule has 0 radical (unpaired) electrons. The summed E-state index contributed by atoms with van der Waals surface area (Å²) in [6.07, 6.45) is 2.77. The molecule has 1 saturated heterocycles. The van der Waals surface area contributed by atoms with E-state index in [1.165, 1.54) is 16.4 Å². The molecule has 0 N–H and O–H groups in total. The molecule has 2 aromatic heterocycles. The van der Waals surface area contributed by atoms with Crippen molar-refractivity contribution in [3.8, 4) is 28.8 Å². The molecule has 0 saturated carbocycles. The van der Waals surface area contributed by atoms with Gasteiger partial charge in [-0.25, -0.2) is 8.42 Å². The number of piperidine rings is 1. The minimum absolute atomic E-state index is 0.111. The number of nitrogens with zero attached hydrogens (tertiary/aromatic N) is 3. The maximum absolute atomic E-state index is 12.7. The van der Waals surface area contributed by atoms with Crippen molar-refractivity contribution < 1.29 is 22.1 Å². The Hall–Kier alpha value is -2.65. The molecule has 3 aromatic rings. The average Bonchev–Trinajstić information content (AvgIpc) is 3.38. The molecule has 0 aliphatic carbocycles. The molecule has 0 atom stereocenters. The number of aromatic nitrogens is 2. The molecule has 0 unspecified atom stereocenters. The monoisotopic (exact) mass is 389 g/mol. The molecule has 142 valence electrons. The topological polar surface area (TPSA) is 98.7 Å². The third kappa shape index (κ3) is 3.47. The number of furan rings is 1. The summed E-state index contributed by atoms with van der Waals surface area (Å²) in [5, 5.41) is 3.83. The summed E-state index contributed by atoms with van der Waals surface area (Å²) in [4.78, 5) is 4.30. The first-order chi connectivity index (χ1) is 13.1. The van der Waals surface area contributed by atoms with Gasteiger partial charge < -0.3 is 13.7 Å². The van der Waals surface area contributed by atoms with Crippen LogP contribution in [-0.4, -0.2) is 43.1 Å². The summed E-state index contributed by atoms with van der Waals surface area (Å²) in [7, 11) is -2.07. The lowest BCUT2D eigenvalue weighted by molar-refractivity contribution is 0.331. The number of benzene rings is 1. The first-order valence-corrected chi connectivity index (χ1v) is 10.1. The van der Waals surface area contributed by atoms with Gasteiger partial charge in [-0.15, -0.1) is 0 Å². The van der Waals surface area contributed by atoms with Crippen LogP contribution in [0.4, 0.5) is 0 Å². The molecular weight excluding hydrogens is 370 g/mol. The Kier molecular flexibility index (Phi) is 4.71. The number of sulfonamides is 1. The second-order valence-corrected chi connectivity index (χ2v) is 8.11. The second-order valence-electron chi connectivity index (χ2n) is 6.24. The fourth-order valence-corrected chi connectivity index (χ4v) is 4.44. The molecule has 9 heteroatoms. The van der Waals surface area contributed by atoms with E-state index < -0.39 is 10.0 Å². The fourth-order valence-electron chi connectivity index (χ4n) is 3.01. The van der Waals surface area contributed by atoms with Crippen LogP contribution in [0.15, 0.2) is 50.4 Å². The highest BCUT2D eigenvalue weighted by atomic mass is 32.2. The van der Waals surface area contributed by atoms with Gasteiger partial charge in [0.05, 0.1) is 7.11 Å². The molecule has 0 bridgehead atoms. The average molecular weight is 389 g/mol. The van der Waals surface area contributed by atoms with Crippen molar-refractivity contribution in [3.63, 3.8) is 0 Å². The van der Waals surface area contributed by atoms with Crippen LogP contribution >= 0.6 is 0 Å². The van der Waals surface area contributed by atoms with Crippen LogP contribution in [-0.2, 0) is 10.0 Å². The zero-order chi connectivity index (χ0) is 18.9. The molecule has 8 nitrogen and oxygen atoms in total. The molecule has 0 spiro atoms. The van der Waals surface area contributed by atoms with Crippen LogP contribution < -0.4 is 4.74 Å². The van der Waals surface area contributed by atoms with Crippen molar-refractivity contribution in [1.82, 2.24) is 14.4 Å². The van der Waals surface area contributed by atoms with Crippen molar-refractivity contribution in [1.29, 1.82) is 0 Å². The Morgan fingerprint density at radius 2 is 1.93 bits per heavy atom. The van der Waals surface area contributed by atoms with Crippen molar-refractivity contribution in [2.24, 2.45) is 0 Å². The lowest BCUT2D eigenvalue weighted by atomic mass is 10.2. The lowest BCUT2D eigenvalue weighted by Gasteiger charge is -2.24. The number of rotatable bonds is 5. The standard InChI is InChI=1S/C18H19N3O5S/c1-24-14-7-5-6-13(12-14)17-19-18(26-20-17)15-8-9-16(25-15)27(22,23)21-10-3-2-4-11-21/h5-9,12H,2-4,10-11H2,1H3. The first-order valence-electron chi connectivity index (χ1n) is 8.66. The molecule has 1 aliphatic heterocycles. The van der Waals surface area contributed by atoms with Crippen LogP contribution in [0.5, 0.6) is 5.75 Å². The van der Waals surface area contributed by atoms with E-state index in [-0.39, 0.29) is 16.7 Å². The zero-order valence-electron chi connectivity index (χ0n) is 14.8. The van der Waals surface area contributed by atoms with E-state index in [0.717, 1.165) is 24.8 Å². The minimum atomic E-state index is -3.64. The largest absolute Gasteiger partial charge is 0.497 e. The fraction of sp³-hybridized carbons (Fsp3) is 0.333. The molecular formula is C18H19N3O5S. The van der Waals surface area contributed by atoms with Crippen molar-refractivity contribution in [2.45, 2.75) is 24.4 Å². The maximum Gasteiger partial charge on any atom is 0.293 e. The summed E-state index contributed by atoms with van der Waals surface area (Å²) < 4.78 is 42.8. The SMILES string of the molecule is COc1cccc(-c2noc(-c3ccc(S(=O)(=O)N4CCCCC4)o3)n2)c1. The third-order valence-electron chi connectivity index (χ3n) is 4.46. The third-order valence-corrected chi connectivity index (χ3v) is 6.23. The first kappa shape index (κ1) is 17.7. The highest BCUT2D eigenvalue weighted by Gasteiger charge is 2.29. The Morgan fingerprint density at radius 3 is 2.70 bits per heavy atom. The smallest absolute Gasteiger partial charge is 0.293 e. The Bertz CT molecular complexity index is 1030. The van der Waals surface area contributed by atoms with Gasteiger partial charge in [-0.2, -0.15) is 9.29 Å². The van der Waals surface area contributed by atoms with Crippen LogP contribution in [0.1, 0.15) is 19.3 Å². The molecule has 3 heterocycles. The normalized spacial score (nSPS) is 15.7. The summed E-state index contributed by atoms with van der Waals surface area (Å²) in [5.41, 5.74) is 0.720. The van der Waals surface area contributed by atoms with Crippen LogP contribution in [0.25, 0.3) is 23.0 Å². The molecule has 27 heavy (non-hydrogen) atoms. The predicted octanol–water partition coefficient (Wildman–Crippen LogP) is 3.18. The van der Waals surface area contributed by atoms with E-state index in [0.29, 0.717) is 24.7 Å². The molecule has 1 aliphatic rings. The highest BCUT2D eigenvalue weighted by molar-refractivity contribution is 7.89. The molecule has 1 aromatic carbocycles. The number of hydrogen-bond acceptors (Lipinski definition) is 7. The quantitative estimate of drug-likeness (QED) is 0.661. The maximum atomic E-state index is 12.7. The van der Waals surface area contributed by atoms with Gasteiger partial charge in [-0.3, -0.25) is 0 Å². The molecule has 0 amide bonds. The molecule has 1 fully saturated rings. The Morgan fingerprint density at radius 1 is 1.11 bits per heavy atom. The number of methoxy groups -OCH3 is 1. The minimum Gasteiger partial charge on any atom is -0.497 e. The van der Waals surface area contributed by atoms with Gasteiger partial charge in [0.15, 0.2) is 5.76 Å². The lowest BCUT2D eigenvalue weighted by Crippen LogP contribution is -2.35. The van der Waals surface area contributed by atoms with Crippen molar-refractivity contribution in [3.05, 3.63) is 36.4 Å². The summed E-state index contributed by atoms with van der Waals surface area (Å²) in [6, 6.07) is 10.2. The second kappa shape index (κ2) is 7.16. The van der Waals surface area contributed by atoms with E-state index >= 15 is 0 Å². The van der Waals surface area contributed by atoms with Crippen molar-refractivity contribution in [2.75, 3.05) is 20.2 Å². The van der Waals surface area contributed by atoms with E-state index in [2.05, 4.69) is 10.1 Å². The van der Waals surface area contributed by atoms with Crippen LogP contribution in [0.2, 0.25) is 0 Å². The summed E-state index contributed by atoms with van der Waals surface area (Å²) in [5.74, 6) is 1.37. The predicted molar refractivity (Wildman–Crippen MR) is 96.6 cm³/mol. The highest BCUT2D eigenvalue weighted by Crippen LogP contribution is 2.29. The Balaban J connectivity index is 1.59. The van der Waals surface area contributed by atoms with Gasteiger partial charge in [0.25, 0.3) is 15.9 Å². The van der Waals surface area contributed by atoms with E-state index in [1.807, 2.05) is 18.2 Å². The summed E-state index contributed by atoms with van der Waals surface area (Å²) >= 11 is 0. The van der Waals surface area contributed by atoms with Crippen LogP contribution in [0, 0.1) is 0 Å². The summed E-state index contributed by atoms with van der Waals surface area (Å²) in [6.45, 7) is 1.03. The van der Waals surface area contributed by atoms with Crippen LogP contribution in [0.3, 0.4) is 0 Å². The van der Waals surface area contributed by atoms with E-state index in [9.17, 15) is 8.42 Å². The van der Waals surface area contributed by atoms with Crippen molar-refractivity contribution >= 4 is 10.0 Å². The molecule has 4 rings (SSSR count). The van der Waals surface area contributed by atoms with Gasteiger partial charge in [0, 0.05) is 18.7 Å². The van der Waals surface area contributed by atoms with Gasteiger partial charge in [0.2, 0.25) is 10.9 Å². The van der Waals surface area contributed by atoms with E-state index in [4.69, 9.17) is 13.7 Å².